The summed E-state index contributed by atoms with van der Waals surface area (Å²) in [6.07, 6.45) is 24.9. The van der Waals surface area contributed by atoms with E-state index < -0.39 is 0 Å². The van der Waals surface area contributed by atoms with Crippen molar-refractivity contribution in [1.82, 2.24) is 0 Å². The molecule has 2 heteroatoms. The molecule has 0 heterocycles. The Morgan fingerprint density at radius 1 is 0.800 bits per heavy atom. The molecular formula is C33H51NO. The van der Waals surface area contributed by atoms with E-state index in [2.05, 4.69) is 37.8 Å². The van der Waals surface area contributed by atoms with Gasteiger partial charge in [0.15, 0.2) is 0 Å². The highest BCUT2D eigenvalue weighted by Gasteiger charge is 2.34. The number of likely N-dealkylation sites (N-methyl/N-ethyl adjacent to an activating group) is 1. The van der Waals surface area contributed by atoms with Crippen LogP contribution in [-0.2, 0) is 4.79 Å². The largest absolute Gasteiger partial charge is 0.312 e. The van der Waals surface area contributed by atoms with Crippen molar-refractivity contribution in [2.45, 2.75) is 116 Å². The number of amides is 1. The third-order valence-corrected chi connectivity index (χ3v) is 10.3. The Hall–Kier alpha value is -1.57. The normalized spacial score (nSPS) is 31.6. The van der Waals surface area contributed by atoms with Gasteiger partial charge in [-0.1, -0.05) is 64.2 Å². The number of anilines is 1. The molecule has 1 aromatic rings. The van der Waals surface area contributed by atoms with Gasteiger partial charge in [-0.15, -0.1) is 0 Å². The first-order valence-electron chi connectivity index (χ1n) is 15.1. The minimum atomic E-state index is -0.0527. The highest BCUT2D eigenvalue weighted by Crippen LogP contribution is 2.47. The second-order valence-electron chi connectivity index (χ2n) is 12.3. The van der Waals surface area contributed by atoms with Gasteiger partial charge in [0.1, 0.15) is 0 Å². The van der Waals surface area contributed by atoms with Gasteiger partial charge < -0.3 is 4.90 Å². The zero-order chi connectivity index (χ0) is 24.6. The first-order chi connectivity index (χ1) is 17.1. The lowest BCUT2D eigenvalue weighted by Crippen LogP contribution is -2.29. The monoisotopic (exact) mass is 477 g/mol. The van der Waals surface area contributed by atoms with E-state index in [4.69, 9.17) is 0 Å². The van der Waals surface area contributed by atoms with E-state index >= 15 is 0 Å². The van der Waals surface area contributed by atoms with E-state index in [0.29, 0.717) is 5.92 Å². The number of hydrogen-bond donors (Lipinski definition) is 0. The van der Waals surface area contributed by atoms with Crippen LogP contribution in [0.4, 0.5) is 5.69 Å². The lowest BCUT2D eigenvalue weighted by Gasteiger charge is -2.41. The fraction of sp³-hybridized carbons (Fsp3) is 0.727. The van der Waals surface area contributed by atoms with Crippen molar-refractivity contribution in [3.63, 3.8) is 0 Å². The van der Waals surface area contributed by atoms with Crippen LogP contribution in [0.2, 0.25) is 0 Å². The predicted molar refractivity (Wildman–Crippen MR) is 150 cm³/mol. The molecule has 4 rings (SSSR count). The molecule has 1 aromatic carbocycles. The van der Waals surface area contributed by atoms with E-state index in [1.165, 1.54) is 114 Å². The Bertz CT molecular complexity index is 774. The van der Waals surface area contributed by atoms with Gasteiger partial charge in [-0.2, -0.15) is 0 Å². The highest BCUT2D eigenvalue weighted by atomic mass is 16.2. The highest BCUT2D eigenvalue weighted by molar-refractivity contribution is 6.00. The van der Waals surface area contributed by atoms with Crippen LogP contribution in [-0.4, -0.2) is 13.0 Å². The summed E-state index contributed by atoms with van der Waals surface area (Å²) in [6, 6.07) is 8.69. The van der Waals surface area contributed by atoms with E-state index in [9.17, 15) is 4.79 Å². The molecule has 1 amide bonds. The zero-order valence-electron chi connectivity index (χ0n) is 22.7. The molecule has 0 aliphatic heterocycles. The van der Waals surface area contributed by atoms with Crippen molar-refractivity contribution in [2.24, 2.45) is 29.6 Å². The summed E-state index contributed by atoms with van der Waals surface area (Å²) in [7, 11) is 1.82. The Labute approximate surface area is 215 Å². The van der Waals surface area contributed by atoms with Crippen molar-refractivity contribution in [3.05, 3.63) is 42.5 Å². The third kappa shape index (κ3) is 7.01. The van der Waals surface area contributed by atoms with Crippen LogP contribution in [0.1, 0.15) is 121 Å². The van der Waals surface area contributed by atoms with Crippen LogP contribution < -0.4 is 4.90 Å². The number of rotatable bonds is 9. The average molecular weight is 478 g/mol. The first kappa shape index (κ1) is 26.5. The number of benzene rings is 1. The molecular weight excluding hydrogens is 426 g/mol. The number of hydrogen-bond acceptors (Lipinski definition) is 1. The van der Waals surface area contributed by atoms with Gasteiger partial charge in [-0.3, -0.25) is 4.79 Å². The fourth-order valence-corrected chi connectivity index (χ4v) is 7.88. The summed E-state index contributed by atoms with van der Waals surface area (Å²) in [5, 5.41) is 0. The molecule has 194 valence electrons. The topological polar surface area (TPSA) is 20.3 Å². The number of nitrogens with zero attached hydrogens (tertiary/aromatic N) is 1. The Balaban J connectivity index is 1.17. The summed E-state index contributed by atoms with van der Waals surface area (Å²) < 4.78 is 0. The molecule has 3 saturated carbocycles. The fourth-order valence-electron chi connectivity index (χ4n) is 7.88. The van der Waals surface area contributed by atoms with E-state index in [1.54, 1.807) is 4.90 Å². The number of carbonyl (C=O) groups is 1. The lowest BCUT2D eigenvalue weighted by atomic mass is 9.64. The van der Waals surface area contributed by atoms with Crippen molar-refractivity contribution in [2.75, 3.05) is 11.9 Å². The minimum Gasteiger partial charge on any atom is -0.312 e. The lowest BCUT2D eigenvalue weighted by molar-refractivity contribution is -0.113. The van der Waals surface area contributed by atoms with Gasteiger partial charge in [0.2, 0.25) is 5.91 Å². The Morgan fingerprint density at radius 3 is 1.77 bits per heavy atom. The molecule has 0 spiro atoms. The molecule has 3 aliphatic carbocycles. The van der Waals surface area contributed by atoms with Crippen molar-refractivity contribution < 1.29 is 4.79 Å². The molecule has 0 bridgehead atoms. The zero-order valence-corrected chi connectivity index (χ0v) is 22.7. The molecule has 0 saturated heterocycles. The van der Waals surface area contributed by atoms with Gasteiger partial charge in [0, 0.05) is 12.7 Å². The Kier molecular flexibility index (Phi) is 9.92. The second-order valence-corrected chi connectivity index (χ2v) is 12.3. The second kappa shape index (κ2) is 13.1. The maximum atomic E-state index is 11.9. The number of unbranched alkanes of at least 4 members (excludes halogenated alkanes) is 2. The minimum absolute atomic E-state index is 0.0527. The summed E-state index contributed by atoms with van der Waals surface area (Å²) in [5.74, 6) is 5.76. The van der Waals surface area contributed by atoms with E-state index in [1.807, 2.05) is 7.05 Å². The van der Waals surface area contributed by atoms with Crippen LogP contribution in [0.3, 0.4) is 0 Å². The van der Waals surface area contributed by atoms with Crippen LogP contribution in [0.15, 0.2) is 36.9 Å². The maximum Gasteiger partial charge on any atom is 0.250 e. The molecule has 3 fully saturated rings. The SMILES string of the molecule is C=CC(=O)N(C)c1ccc(C2CCC(C3CCC(C4CCC(CCCCC)CC4)CC3)CC2)cc1. The molecule has 0 atom stereocenters. The van der Waals surface area contributed by atoms with Crippen LogP contribution in [0.25, 0.3) is 0 Å². The Morgan fingerprint density at radius 2 is 1.29 bits per heavy atom. The summed E-state index contributed by atoms with van der Waals surface area (Å²) in [5.41, 5.74) is 2.41. The predicted octanol–water partition coefficient (Wildman–Crippen LogP) is 9.30. The maximum absolute atomic E-state index is 11.9. The van der Waals surface area contributed by atoms with E-state index in [-0.39, 0.29) is 5.91 Å². The van der Waals surface area contributed by atoms with E-state index in [0.717, 1.165) is 35.3 Å². The third-order valence-electron chi connectivity index (χ3n) is 10.3. The van der Waals surface area contributed by atoms with Gasteiger partial charge in [0.05, 0.1) is 0 Å². The standard InChI is InChI=1S/C33H51NO/c1-4-6-7-8-25-9-11-26(12-10-25)27-13-15-28(16-14-27)29-17-19-30(20-18-29)31-21-23-32(24-22-31)34(3)33(35)5-2/h5,21-30H,2,4,6-20H2,1,3H3. The van der Waals surface area contributed by atoms with Gasteiger partial charge >= 0.3 is 0 Å². The molecule has 0 N–H and O–H groups in total. The van der Waals surface area contributed by atoms with Gasteiger partial charge in [-0.05, 0) is 123 Å². The van der Waals surface area contributed by atoms with Gasteiger partial charge in [-0.25, -0.2) is 0 Å². The number of carbonyl (C=O) groups excluding carboxylic acids is 1. The summed E-state index contributed by atoms with van der Waals surface area (Å²) in [4.78, 5) is 13.5. The molecule has 0 radical (unpaired) electrons. The van der Waals surface area contributed by atoms with Crippen molar-refractivity contribution in [3.8, 4) is 0 Å². The van der Waals surface area contributed by atoms with Gasteiger partial charge in [0.25, 0.3) is 0 Å². The smallest absolute Gasteiger partial charge is 0.250 e. The van der Waals surface area contributed by atoms with Crippen LogP contribution in [0.5, 0.6) is 0 Å². The average Bonchev–Trinajstić information content (AvgIpc) is 2.93. The molecule has 0 aromatic heterocycles. The van der Waals surface area contributed by atoms with Crippen molar-refractivity contribution >= 4 is 11.6 Å². The van der Waals surface area contributed by atoms with Crippen molar-refractivity contribution in [1.29, 1.82) is 0 Å². The summed E-state index contributed by atoms with van der Waals surface area (Å²) >= 11 is 0. The van der Waals surface area contributed by atoms with Crippen LogP contribution >= 0.6 is 0 Å². The van der Waals surface area contributed by atoms with Crippen LogP contribution in [0, 0.1) is 29.6 Å². The molecule has 2 nitrogen and oxygen atoms in total. The molecule has 0 unspecified atom stereocenters. The first-order valence-corrected chi connectivity index (χ1v) is 15.1. The molecule has 35 heavy (non-hydrogen) atoms. The quantitative estimate of drug-likeness (QED) is 0.256. The molecule has 3 aliphatic rings. The summed E-state index contributed by atoms with van der Waals surface area (Å²) in [6.45, 7) is 5.92.